The number of allylic oxidation sites excluding steroid dienone is 1. The van der Waals surface area contributed by atoms with Gasteiger partial charge < -0.3 is 15.3 Å². The van der Waals surface area contributed by atoms with Crippen LogP contribution in [-0.4, -0.2) is 33.6 Å². The Labute approximate surface area is 145 Å². The monoisotopic (exact) mass is 332 g/mol. The van der Waals surface area contributed by atoms with E-state index in [1.165, 1.54) is 19.3 Å². The van der Waals surface area contributed by atoms with Crippen molar-refractivity contribution < 1.29 is 15.3 Å². The molecule has 3 N–H and O–H groups in total. The predicted octanol–water partition coefficient (Wildman–Crippen LogP) is 3.03. The second-order valence-corrected chi connectivity index (χ2v) is 10.3. The molecule has 0 aromatic heterocycles. The number of hydrogen-bond acceptors (Lipinski definition) is 3. The largest absolute Gasteiger partial charge is 0.396 e. The number of fused-ring (bicyclic) bond motifs is 5. The molecule has 134 valence electrons. The van der Waals surface area contributed by atoms with Gasteiger partial charge in [0.2, 0.25) is 0 Å². The first kappa shape index (κ1) is 15.8. The molecule has 0 aromatic rings. The number of aliphatic hydroxyl groups is 3. The Morgan fingerprint density at radius 2 is 1.79 bits per heavy atom. The first-order chi connectivity index (χ1) is 11.4. The van der Waals surface area contributed by atoms with Gasteiger partial charge in [0.05, 0.1) is 18.3 Å². The smallest absolute Gasteiger partial charge is 0.0695 e. The highest BCUT2D eigenvalue weighted by atomic mass is 16.3. The molecule has 5 rings (SSSR count). The summed E-state index contributed by atoms with van der Waals surface area (Å²) < 4.78 is 0. The maximum absolute atomic E-state index is 11.7. The van der Waals surface area contributed by atoms with Crippen molar-refractivity contribution in [2.24, 2.45) is 34.0 Å². The van der Waals surface area contributed by atoms with E-state index in [4.69, 9.17) is 0 Å². The highest BCUT2D eigenvalue weighted by molar-refractivity contribution is 5.29. The average Bonchev–Trinajstić information content (AvgIpc) is 2.54. The zero-order valence-electron chi connectivity index (χ0n) is 14.9. The Kier molecular flexibility index (Phi) is 3.08. The van der Waals surface area contributed by atoms with Gasteiger partial charge in [0, 0.05) is 11.3 Å². The van der Waals surface area contributed by atoms with Crippen LogP contribution in [0, 0.1) is 34.0 Å². The van der Waals surface area contributed by atoms with Crippen LogP contribution in [0.15, 0.2) is 12.2 Å². The summed E-state index contributed by atoms with van der Waals surface area (Å²) in [5, 5.41) is 34.0. The molecule has 7 unspecified atom stereocenters. The third kappa shape index (κ3) is 1.61. The first-order valence-electron chi connectivity index (χ1n) is 10.1. The quantitative estimate of drug-likeness (QED) is 0.647. The van der Waals surface area contributed by atoms with E-state index in [1.807, 2.05) is 0 Å². The van der Waals surface area contributed by atoms with Crippen molar-refractivity contribution in [2.45, 2.75) is 76.4 Å². The lowest BCUT2D eigenvalue weighted by Crippen LogP contribution is -2.71. The van der Waals surface area contributed by atoms with Gasteiger partial charge in [-0.15, -0.1) is 0 Å². The van der Waals surface area contributed by atoms with Crippen molar-refractivity contribution in [2.75, 3.05) is 6.61 Å². The van der Waals surface area contributed by atoms with Crippen molar-refractivity contribution >= 4 is 0 Å². The minimum atomic E-state index is -0.705. The van der Waals surface area contributed by atoms with Crippen LogP contribution in [0.5, 0.6) is 0 Å². The first-order valence-corrected chi connectivity index (χ1v) is 10.1. The van der Waals surface area contributed by atoms with Crippen LogP contribution in [0.3, 0.4) is 0 Å². The van der Waals surface area contributed by atoms with Crippen molar-refractivity contribution in [3.63, 3.8) is 0 Å². The third-order valence-corrected chi connectivity index (χ3v) is 9.24. The summed E-state index contributed by atoms with van der Waals surface area (Å²) in [5.41, 5.74) is -1.17. The summed E-state index contributed by atoms with van der Waals surface area (Å²) in [5.74, 6) is 0.585. The van der Waals surface area contributed by atoms with Crippen LogP contribution in [0.25, 0.3) is 0 Å². The van der Waals surface area contributed by atoms with Crippen LogP contribution < -0.4 is 0 Å². The van der Waals surface area contributed by atoms with Crippen LogP contribution in [0.4, 0.5) is 0 Å². The summed E-state index contributed by atoms with van der Waals surface area (Å²) in [6, 6.07) is 0. The molecule has 5 aliphatic carbocycles. The SMILES string of the molecule is CC12CC3C=CC1C(O)C1(CO)C(CC14CCCCC4)C(O)(C3)C2. The maximum atomic E-state index is 11.7. The van der Waals surface area contributed by atoms with Gasteiger partial charge in [0.1, 0.15) is 0 Å². The topological polar surface area (TPSA) is 60.7 Å². The van der Waals surface area contributed by atoms with E-state index >= 15 is 0 Å². The second-order valence-electron chi connectivity index (χ2n) is 10.3. The van der Waals surface area contributed by atoms with Gasteiger partial charge in [-0.3, -0.25) is 0 Å². The maximum Gasteiger partial charge on any atom is 0.0695 e. The summed E-state index contributed by atoms with van der Waals surface area (Å²) in [4.78, 5) is 0. The van der Waals surface area contributed by atoms with Gasteiger partial charge in [-0.05, 0) is 61.2 Å². The van der Waals surface area contributed by atoms with Gasteiger partial charge in [-0.2, -0.15) is 0 Å². The highest BCUT2D eigenvalue weighted by Crippen LogP contribution is 2.76. The highest BCUT2D eigenvalue weighted by Gasteiger charge is 2.76. The molecule has 0 radical (unpaired) electrons. The number of hydrogen-bond donors (Lipinski definition) is 3. The zero-order valence-corrected chi connectivity index (χ0v) is 14.9. The number of aliphatic hydroxyl groups excluding tert-OH is 2. The molecule has 4 saturated carbocycles. The summed E-state index contributed by atoms with van der Waals surface area (Å²) in [7, 11) is 0. The minimum absolute atomic E-state index is 0.0266. The normalized spacial score (nSPS) is 57.3. The van der Waals surface area contributed by atoms with Gasteiger partial charge >= 0.3 is 0 Å². The molecule has 24 heavy (non-hydrogen) atoms. The average molecular weight is 332 g/mol. The van der Waals surface area contributed by atoms with Crippen LogP contribution in [-0.2, 0) is 0 Å². The lowest BCUT2D eigenvalue weighted by atomic mass is 9.35. The molecule has 0 aliphatic heterocycles. The summed E-state index contributed by atoms with van der Waals surface area (Å²) >= 11 is 0. The van der Waals surface area contributed by atoms with Gasteiger partial charge in [-0.25, -0.2) is 0 Å². The Hall–Kier alpha value is -0.380. The van der Waals surface area contributed by atoms with E-state index < -0.39 is 17.1 Å². The molecule has 3 heteroatoms. The van der Waals surface area contributed by atoms with Crippen LogP contribution in [0.2, 0.25) is 0 Å². The van der Waals surface area contributed by atoms with E-state index in [1.54, 1.807) is 0 Å². The molecule has 0 aromatic carbocycles. The third-order valence-electron chi connectivity index (χ3n) is 9.24. The van der Waals surface area contributed by atoms with Gasteiger partial charge in [-0.1, -0.05) is 38.3 Å². The Balaban J connectivity index is 1.68. The Bertz CT molecular complexity index is 580. The molecule has 3 bridgehead atoms. The van der Waals surface area contributed by atoms with E-state index in [0.717, 1.165) is 38.5 Å². The second kappa shape index (κ2) is 4.66. The van der Waals surface area contributed by atoms with Crippen LogP contribution >= 0.6 is 0 Å². The Morgan fingerprint density at radius 3 is 2.50 bits per heavy atom. The molecular weight excluding hydrogens is 300 g/mol. The Morgan fingerprint density at radius 1 is 1.04 bits per heavy atom. The van der Waals surface area contributed by atoms with E-state index in [9.17, 15) is 15.3 Å². The van der Waals surface area contributed by atoms with Crippen molar-refractivity contribution in [1.29, 1.82) is 0 Å². The fourth-order valence-corrected chi connectivity index (χ4v) is 8.40. The predicted molar refractivity (Wildman–Crippen MR) is 92.2 cm³/mol. The van der Waals surface area contributed by atoms with Gasteiger partial charge in [0.25, 0.3) is 0 Å². The van der Waals surface area contributed by atoms with Gasteiger partial charge in [0.15, 0.2) is 0 Å². The molecule has 5 aliphatic rings. The minimum Gasteiger partial charge on any atom is -0.396 e. The van der Waals surface area contributed by atoms with E-state index in [2.05, 4.69) is 19.1 Å². The molecule has 0 saturated heterocycles. The summed E-state index contributed by atoms with van der Waals surface area (Å²) in [6.07, 6.45) is 13.6. The molecule has 3 nitrogen and oxygen atoms in total. The standard InChI is InChI=1S/C21H32O3/c1-18-9-14-5-6-15(18)17(23)21(13-22)16(20(24,10-14)12-18)11-19(21)7-3-2-4-8-19/h5-6,14-17,22-24H,2-4,7-13H2,1H3. The van der Waals surface area contributed by atoms with Crippen LogP contribution in [0.1, 0.15) is 64.7 Å². The lowest BCUT2D eigenvalue weighted by Gasteiger charge is -2.70. The molecule has 7 atom stereocenters. The zero-order chi connectivity index (χ0) is 16.8. The fourth-order valence-electron chi connectivity index (χ4n) is 8.40. The van der Waals surface area contributed by atoms with Crippen molar-refractivity contribution in [3.05, 3.63) is 12.2 Å². The number of rotatable bonds is 1. The lowest BCUT2D eigenvalue weighted by molar-refractivity contribution is -0.287. The molecule has 1 spiro atoms. The molecule has 4 fully saturated rings. The molecule has 0 heterocycles. The molecule has 0 amide bonds. The van der Waals surface area contributed by atoms with Crippen molar-refractivity contribution in [1.82, 2.24) is 0 Å². The molecular formula is C21H32O3. The van der Waals surface area contributed by atoms with E-state index in [0.29, 0.717) is 5.92 Å². The fraction of sp³-hybridized carbons (Fsp3) is 0.905. The van der Waals surface area contributed by atoms with Crippen molar-refractivity contribution in [3.8, 4) is 0 Å². The van der Waals surface area contributed by atoms with E-state index in [-0.39, 0.29) is 29.3 Å². The summed E-state index contributed by atoms with van der Waals surface area (Å²) in [6.45, 7) is 2.30.